The zero-order valence-electron chi connectivity index (χ0n) is 16.5. The standard InChI is InChI=1S/C23H32O2S2/c1-13(24)17-5-6-19-16-4-3-14-9-20(25)23(27)11-15(26)10-22(17,19)8-7-18(16)21(14,2)12-23/h9,15-19,26-27H,3-8,10-12H2,1-2H3/t15?,16-,17-,18?,19+,21+,22?,23?/m1/s1. The zero-order valence-corrected chi connectivity index (χ0v) is 18.3. The molecule has 4 heteroatoms. The lowest BCUT2D eigenvalue weighted by Gasteiger charge is -2.61. The van der Waals surface area contributed by atoms with Crippen molar-refractivity contribution in [2.24, 2.45) is 34.5 Å². The second-order valence-corrected chi connectivity index (χ2v) is 12.2. The number of hydrogen-bond acceptors (Lipinski definition) is 4. The number of fused-ring (bicyclic) bond motifs is 3. The van der Waals surface area contributed by atoms with Crippen LogP contribution in [0.4, 0.5) is 0 Å². The van der Waals surface area contributed by atoms with Crippen molar-refractivity contribution >= 4 is 36.8 Å². The van der Waals surface area contributed by atoms with E-state index in [4.69, 9.17) is 25.3 Å². The molecule has 5 fully saturated rings. The van der Waals surface area contributed by atoms with E-state index in [1.54, 1.807) is 0 Å². The zero-order chi connectivity index (χ0) is 19.2. The lowest BCUT2D eigenvalue weighted by molar-refractivity contribution is -0.132. The van der Waals surface area contributed by atoms with E-state index in [0.717, 1.165) is 32.1 Å². The van der Waals surface area contributed by atoms with Gasteiger partial charge in [-0.1, -0.05) is 12.5 Å². The molecule has 27 heavy (non-hydrogen) atoms. The van der Waals surface area contributed by atoms with Gasteiger partial charge < -0.3 is 0 Å². The van der Waals surface area contributed by atoms with Crippen LogP contribution in [0.25, 0.3) is 0 Å². The number of rotatable bonds is 1. The lowest BCUT2D eigenvalue weighted by Crippen LogP contribution is -2.57. The molecule has 148 valence electrons. The topological polar surface area (TPSA) is 34.1 Å². The normalized spacial score (nSPS) is 53.9. The quantitative estimate of drug-likeness (QED) is 0.598. The molecule has 4 unspecified atom stereocenters. The Morgan fingerprint density at radius 3 is 2.67 bits per heavy atom. The van der Waals surface area contributed by atoms with Crippen LogP contribution in [0, 0.1) is 34.5 Å². The highest BCUT2D eigenvalue weighted by molar-refractivity contribution is 7.83. The van der Waals surface area contributed by atoms with Crippen LogP contribution in [0.2, 0.25) is 0 Å². The molecule has 0 heterocycles. The van der Waals surface area contributed by atoms with Crippen molar-refractivity contribution in [2.45, 2.75) is 81.6 Å². The van der Waals surface area contributed by atoms with Crippen LogP contribution in [0.15, 0.2) is 11.6 Å². The third-order valence-corrected chi connectivity index (χ3v) is 10.5. The van der Waals surface area contributed by atoms with Gasteiger partial charge in [-0.25, -0.2) is 0 Å². The number of allylic oxidation sites excluding steroid dienone is 1. The molecule has 6 aliphatic rings. The first-order chi connectivity index (χ1) is 12.7. The summed E-state index contributed by atoms with van der Waals surface area (Å²) in [5.74, 6) is 2.81. The number of thiol groups is 2. The summed E-state index contributed by atoms with van der Waals surface area (Å²) in [7, 11) is 0. The molecule has 6 aliphatic carbocycles. The highest BCUT2D eigenvalue weighted by Gasteiger charge is 2.64. The summed E-state index contributed by atoms with van der Waals surface area (Å²) in [5, 5.41) is 0.142. The Bertz CT molecular complexity index is 745. The van der Waals surface area contributed by atoms with Gasteiger partial charge in [-0.05, 0) is 99.4 Å². The van der Waals surface area contributed by atoms with E-state index in [9.17, 15) is 9.59 Å². The van der Waals surface area contributed by atoms with Crippen molar-refractivity contribution in [3.63, 3.8) is 0 Å². The summed E-state index contributed by atoms with van der Waals surface area (Å²) >= 11 is 10.0. The molecule has 0 aromatic carbocycles. The number of Topliss-reactive ketones (excluding diaryl/α,β-unsaturated/α-hetero) is 1. The molecule has 0 aromatic heterocycles. The Balaban J connectivity index is 1.68. The first-order valence-corrected chi connectivity index (χ1v) is 11.8. The molecule has 0 aliphatic heterocycles. The second kappa shape index (κ2) is 5.90. The maximum atomic E-state index is 13.0. The third kappa shape index (κ3) is 2.41. The average molecular weight is 405 g/mol. The Morgan fingerprint density at radius 1 is 1.15 bits per heavy atom. The van der Waals surface area contributed by atoms with Crippen LogP contribution >= 0.6 is 25.3 Å². The molecule has 2 nitrogen and oxygen atoms in total. The first kappa shape index (κ1) is 18.8. The molecule has 8 atom stereocenters. The third-order valence-electron chi connectivity index (χ3n) is 9.56. The minimum Gasteiger partial charge on any atom is -0.300 e. The summed E-state index contributed by atoms with van der Waals surface area (Å²) in [4.78, 5) is 25.6. The Labute approximate surface area is 174 Å². The largest absolute Gasteiger partial charge is 0.300 e. The van der Waals surface area contributed by atoms with Crippen molar-refractivity contribution in [2.75, 3.05) is 0 Å². The lowest BCUT2D eigenvalue weighted by atomic mass is 9.44. The van der Waals surface area contributed by atoms with Crippen LogP contribution in [-0.4, -0.2) is 21.6 Å². The van der Waals surface area contributed by atoms with Crippen LogP contribution < -0.4 is 0 Å². The summed E-state index contributed by atoms with van der Waals surface area (Å²) in [6.45, 7) is 4.23. The van der Waals surface area contributed by atoms with Gasteiger partial charge in [0.25, 0.3) is 0 Å². The fourth-order valence-corrected chi connectivity index (χ4v) is 10.1. The fraction of sp³-hybridized carbons (Fsp3) is 0.826. The maximum absolute atomic E-state index is 13.0. The molecule has 5 saturated carbocycles. The van der Waals surface area contributed by atoms with E-state index in [0.29, 0.717) is 23.5 Å². The molecule has 0 radical (unpaired) electrons. The van der Waals surface area contributed by atoms with Gasteiger partial charge in [0.15, 0.2) is 5.78 Å². The van der Waals surface area contributed by atoms with E-state index < -0.39 is 4.75 Å². The van der Waals surface area contributed by atoms with E-state index in [-0.39, 0.29) is 27.8 Å². The molecular formula is C23H32O2S2. The summed E-state index contributed by atoms with van der Waals surface area (Å²) in [5.41, 5.74) is 1.61. The summed E-state index contributed by atoms with van der Waals surface area (Å²) in [6.07, 6.45) is 11.5. The van der Waals surface area contributed by atoms with Gasteiger partial charge in [-0.2, -0.15) is 25.3 Å². The molecular weight excluding hydrogens is 372 g/mol. The van der Waals surface area contributed by atoms with E-state index in [2.05, 4.69) is 6.92 Å². The van der Waals surface area contributed by atoms with Crippen LogP contribution in [-0.2, 0) is 9.59 Å². The van der Waals surface area contributed by atoms with Gasteiger partial charge in [0, 0.05) is 11.2 Å². The summed E-state index contributed by atoms with van der Waals surface area (Å²) in [6, 6.07) is 0. The van der Waals surface area contributed by atoms with Crippen molar-refractivity contribution in [3.05, 3.63) is 11.6 Å². The molecule has 0 saturated heterocycles. The van der Waals surface area contributed by atoms with Crippen LogP contribution in [0.3, 0.4) is 0 Å². The Morgan fingerprint density at radius 2 is 1.93 bits per heavy atom. The molecule has 0 aromatic rings. The van der Waals surface area contributed by atoms with Crippen molar-refractivity contribution in [1.82, 2.24) is 0 Å². The van der Waals surface area contributed by atoms with E-state index >= 15 is 0 Å². The molecule has 6 rings (SSSR count). The highest BCUT2D eigenvalue weighted by atomic mass is 32.1. The minimum absolute atomic E-state index is 0.101. The van der Waals surface area contributed by atoms with E-state index in [1.165, 1.54) is 31.3 Å². The number of hydrogen-bond donors (Lipinski definition) is 2. The van der Waals surface area contributed by atoms with E-state index in [1.807, 2.05) is 13.0 Å². The van der Waals surface area contributed by atoms with Crippen molar-refractivity contribution < 1.29 is 9.59 Å². The van der Waals surface area contributed by atoms with Crippen LogP contribution in [0.1, 0.15) is 71.6 Å². The molecule has 0 N–H and O–H groups in total. The van der Waals surface area contributed by atoms with Gasteiger partial charge >= 0.3 is 0 Å². The van der Waals surface area contributed by atoms with Gasteiger partial charge in [0.2, 0.25) is 0 Å². The van der Waals surface area contributed by atoms with Gasteiger partial charge in [-0.15, -0.1) is 0 Å². The molecule has 5 bridgehead atoms. The number of carbonyl (C=O) groups is 2. The van der Waals surface area contributed by atoms with Crippen molar-refractivity contribution in [3.8, 4) is 0 Å². The Kier molecular flexibility index (Phi) is 4.11. The van der Waals surface area contributed by atoms with Gasteiger partial charge in [0.1, 0.15) is 5.78 Å². The predicted octanol–water partition coefficient (Wildman–Crippen LogP) is 5.07. The number of ketones is 2. The Hall–Kier alpha value is -0.220. The monoisotopic (exact) mass is 404 g/mol. The molecule has 0 amide bonds. The first-order valence-electron chi connectivity index (χ1n) is 10.9. The minimum atomic E-state index is -0.583. The molecule has 1 spiro atoms. The fourth-order valence-electron chi connectivity index (χ4n) is 8.68. The predicted molar refractivity (Wildman–Crippen MR) is 114 cm³/mol. The average Bonchev–Trinajstić information content (AvgIpc) is 2.94. The van der Waals surface area contributed by atoms with Crippen molar-refractivity contribution in [1.29, 1.82) is 0 Å². The summed E-state index contributed by atoms with van der Waals surface area (Å²) < 4.78 is -0.583. The smallest absolute Gasteiger partial charge is 0.171 e. The van der Waals surface area contributed by atoms with Gasteiger partial charge in [0.05, 0.1) is 4.75 Å². The highest BCUT2D eigenvalue weighted by Crippen LogP contribution is 2.70. The van der Waals surface area contributed by atoms with Gasteiger partial charge in [-0.3, -0.25) is 9.59 Å². The maximum Gasteiger partial charge on any atom is 0.171 e. The van der Waals surface area contributed by atoms with Crippen LogP contribution in [0.5, 0.6) is 0 Å². The number of carbonyl (C=O) groups excluding carboxylic acids is 2. The second-order valence-electron chi connectivity index (χ2n) is 10.6. The SMILES string of the molecule is CC(=O)[C@H]1CC[C@H]2[C@@H]3CCC4=CC(=O)C5(S)CC(S)CC12CCC3[C@@]4(C)C5.